The van der Waals surface area contributed by atoms with Crippen LogP contribution in [0.15, 0.2) is 24.3 Å². The number of aliphatic carboxylic acids is 1. The first-order valence-corrected chi connectivity index (χ1v) is 6.18. The molecule has 0 bridgehead atoms. The molecular weight excluding hydrogens is 230 g/mol. The lowest BCUT2D eigenvalue weighted by Crippen LogP contribution is -2.12. The van der Waals surface area contributed by atoms with Crippen LogP contribution in [0.1, 0.15) is 36.4 Å². The lowest BCUT2D eigenvalue weighted by molar-refractivity contribution is -0.137. The van der Waals surface area contributed by atoms with Crippen molar-refractivity contribution >= 4 is 5.97 Å². The first-order chi connectivity index (χ1) is 8.63. The van der Waals surface area contributed by atoms with Gasteiger partial charge in [0.25, 0.3) is 0 Å². The number of aryl methyl sites for hydroxylation is 1. The quantitative estimate of drug-likeness (QED) is 0.694. The van der Waals surface area contributed by atoms with Gasteiger partial charge in [0.15, 0.2) is 0 Å². The number of methoxy groups -OCH3 is 1. The summed E-state index contributed by atoms with van der Waals surface area (Å²) in [5.74, 6) is -0.804. The van der Waals surface area contributed by atoms with Crippen LogP contribution in [-0.4, -0.2) is 24.8 Å². The second kappa shape index (κ2) is 7.84. The average Bonchev–Trinajstić information content (AvgIpc) is 2.37. The van der Waals surface area contributed by atoms with E-state index in [1.54, 1.807) is 7.11 Å². The number of rotatable bonds is 8. The van der Waals surface area contributed by atoms with Crippen LogP contribution < -0.4 is 5.73 Å². The molecule has 1 unspecified atom stereocenters. The van der Waals surface area contributed by atoms with Gasteiger partial charge in [-0.05, 0) is 30.4 Å². The Labute approximate surface area is 108 Å². The van der Waals surface area contributed by atoms with E-state index in [4.69, 9.17) is 15.6 Å². The number of ether oxygens (including phenoxy) is 1. The molecule has 0 amide bonds. The molecule has 1 aromatic carbocycles. The minimum atomic E-state index is -0.804. The number of carbonyl (C=O) groups is 1. The third kappa shape index (κ3) is 5.29. The Morgan fingerprint density at radius 2 is 2.06 bits per heavy atom. The molecule has 0 aliphatic heterocycles. The van der Waals surface area contributed by atoms with Crippen molar-refractivity contribution in [1.29, 1.82) is 0 Å². The minimum absolute atomic E-state index is 0.108. The van der Waals surface area contributed by atoms with Gasteiger partial charge in [0.1, 0.15) is 0 Å². The Kier molecular flexibility index (Phi) is 6.39. The van der Waals surface area contributed by atoms with Gasteiger partial charge in [-0.25, -0.2) is 0 Å². The van der Waals surface area contributed by atoms with E-state index in [1.807, 2.05) is 24.3 Å². The first kappa shape index (κ1) is 14.7. The van der Waals surface area contributed by atoms with Gasteiger partial charge in [0.05, 0.1) is 0 Å². The Bertz CT molecular complexity index is 362. The number of benzene rings is 1. The molecule has 1 rings (SSSR count). The minimum Gasteiger partial charge on any atom is -0.481 e. The van der Waals surface area contributed by atoms with Crippen molar-refractivity contribution in [2.75, 3.05) is 13.7 Å². The maximum absolute atomic E-state index is 10.5. The van der Waals surface area contributed by atoms with E-state index in [1.165, 1.54) is 5.56 Å². The van der Waals surface area contributed by atoms with Crippen molar-refractivity contribution < 1.29 is 14.6 Å². The molecule has 3 N–H and O–H groups in total. The molecule has 4 nitrogen and oxygen atoms in total. The fourth-order valence-corrected chi connectivity index (χ4v) is 1.80. The van der Waals surface area contributed by atoms with E-state index in [0.717, 1.165) is 25.0 Å². The second-order valence-corrected chi connectivity index (χ2v) is 4.38. The van der Waals surface area contributed by atoms with Crippen molar-refractivity contribution in [3.63, 3.8) is 0 Å². The van der Waals surface area contributed by atoms with Crippen LogP contribution in [0.25, 0.3) is 0 Å². The Hall–Kier alpha value is -1.39. The van der Waals surface area contributed by atoms with E-state index in [-0.39, 0.29) is 12.5 Å². The van der Waals surface area contributed by atoms with Crippen LogP contribution in [-0.2, 0) is 16.0 Å². The van der Waals surface area contributed by atoms with Gasteiger partial charge in [0.2, 0.25) is 0 Å². The zero-order valence-corrected chi connectivity index (χ0v) is 10.8. The maximum Gasteiger partial charge on any atom is 0.303 e. The summed E-state index contributed by atoms with van der Waals surface area (Å²) in [5.41, 5.74) is 8.18. The molecule has 0 spiro atoms. The molecule has 1 aromatic rings. The topological polar surface area (TPSA) is 72.5 Å². The van der Waals surface area contributed by atoms with Crippen molar-refractivity contribution in [2.45, 2.75) is 31.7 Å². The maximum atomic E-state index is 10.5. The summed E-state index contributed by atoms with van der Waals surface area (Å²) in [6.07, 6.45) is 2.56. The largest absolute Gasteiger partial charge is 0.481 e. The highest BCUT2D eigenvalue weighted by molar-refractivity contribution is 5.66. The predicted molar refractivity (Wildman–Crippen MR) is 70.4 cm³/mol. The van der Waals surface area contributed by atoms with Gasteiger partial charge in [-0.1, -0.05) is 24.3 Å². The smallest absolute Gasteiger partial charge is 0.303 e. The highest BCUT2D eigenvalue weighted by atomic mass is 16.5. The predicted octanol–water partition coefficient (Wildman–Crippen LogP) is 2.13. The summed E-state index contributed by atoms with van der Waals surface area (Å²) in [6, 6.07) is 7.86. The molecule has 0 saturated carbocycles. The normalized spacial score (nSPS) is 12.3. The van der Waals surface area contributed by atoms with Gasteiger partial charge >= 0.3 is 5.97 Å². The Balaban J connectivity index is 2.45. The summed E-state index contributed by atoms with van der Waals surface area (Å²) in [5, 5.41) is 8.61. The average molecular weight is 251 g/mol. The van der Waals surface area contributed by atoms with E-state index >= 15 is 0 Å². The van der Waals surface area contributed by atoms with Gasteiger partial charge in [-0.3, -0.25) is 4.79 Å². The highest BCUT2D eigenvalue weighted by Gasteiger charge is 2.08. The zero-order valence-electron chi connectivity index (χ0n) is 10.8. The van der Waals surface area contributed by atoms with E-state index < -0.39 is 5.97 Å². The molecule has 0 aliphatic carbocycles. The van der Waals surface area contributed by atoms with Crippen LogP contribution in [0.2, 0.25) is 0 Å². The number of carboxylic acid groups (broad SMARTS) is 1. The number of hydrogen-bond acceptors (Lipinski definition) is 3. The van der Waals surface area contributed by atoms with Gasteiger partial charge in [-0.2, -0.15) is 0 Å². The monoisotopic (exact) mass is 251 g/mol. The Morgan fingerprint density at radius 1 is 1.39 bits per heavy atom. The summed E-state index contributed by atoms with van der Waals surface area (Å²) in [7, 11) is 1.70. The molecule has 0 fully saturated rings. The standard InChI is InChI=1S/C14H21NO3/c1-18-10-2-3-11-4-6-12(7-5-11)13(15)8-9-14(16)17/h4-7,13H,2-3,8-10,15H2,1H3,(H,16,17). The van der Waals surface area contributed by atoms with Crippen molar-refractivity contribution in [3.8, 4) is 0 Å². The van der Waals surface area contributed by atoms with E-state index in [9.17, 15) is 4.79 Å². The molecule has 4 heteroatoms. The molecule has 18 heavy (non-hydrogen) atoms. The molecule has 0 radical (unpaired) electrons. The molecule has 1 atom stereocenters. The fraction of sp³-hybridized carbons (Fsp3) is 0.500. The third-order valence-electron chi connectivity index (χ3n) is 2.89. The fourth-order valence-electron chi connectivity index (χ4n) is 1.80. The molecule has 0 saturated heterocycles. The van der Waals surface area contributed by atoms with Crippen LogP contribution in [0, 0.1) is 0 Å². The summed E-state index contributed by atoms with van der Waals surface area (Å²) >= 11 is 0. The van der Waals surface area contributed by atoms with Crippen molar-refractivity contribution in [3.05, 3.63) is 35.4 Å². The van der Waals surface area contributed by atoms with Gasteiger partial charge in [-0.15, -0.1) is 0 Å². The summed E-state index contributed by atoms with van der Waals surface area (Å²) in [4.78, 5) is 10.5. The first-order valence-electron chi connectivity index (χ1n) is 6.18. The third-order valence-corrected chi connectivity index (χ3v) is 2.89. The number of nitrogens with two attached hydrogens (primary N) is 1. The van der Waals surface area contributed by atoms with E-state index in [2.05, 4.69) is 0 Å². The lowest BCUT2D eigenvalue weighted by atomic mass is 10.0. The number of hydrogen-bond donors (Lipinski definition) is 2. The highest BCUT2D eigenvalue weighted by Crippen LogP contribution is 2.17. The van der Waals surface area contributed by atoms with Crippen molar-refractivity contribution in [2.24, 2.45) is 5.73 Å². The summed E-state index contributed by atoms with van der Waals surface area (Å²) in [6.45, 7) is 0.764. The molecule has 0 aromatic heterocycles. The lowest BCUT2D eigenvalue weighted by Gasteiger charge is -2.11. The SMILES string of the molecule is COCCCc1ccc(C(N)CCC(=O)O)cc1. The molecular formula is C14H21NO3. The second-order valence-electron chi connectivity index (χ2n) is 4.38. The molecule has 0 heterocycles. The van der Waals surface area contributed by atoms with Gasteiger partial charge in [0, 0.05) is 26.2 Å². The van der Waals surface area contributed by atoms with Crippen molar-refractivity contribution in [1.82, 2.24) is 0 Å². The van der Waals surface area contributed by atoms with Crippen LogP contribution in [0.4, 0.5) is 0 Å². The molecule has 0 aliphatic rings. The van der Waals surface area contributed by atoms with Crippen LogP contribution >= 0.6 is 0 Å². The molecule has 100 valence electrons. The van der Waals surface area contributed by atoms with Crippen LogP contribution in [0.3, 0.4) is 0 Å². The summed E-state index contributed by atoms with van der Waals surface area (Å²) < 4.78 is 5.00. The Morgan fingerprint density at radius 3 is 2.61 bits per heavy atom. The number of carboxylic acids is 1. The van der Waals surface area contributed by atoms with E-state index in [0.29, 0.717) is 6.42 Å². The zero-order chi connectivity index (χ0) is 13.4. The van der Waals surface area contributed by atoms with Gasteiger partial charge < -0.3 is 15.6 Å². The van der Waals surface area contributed by atoms with Crippen LogP contribution in [0.5, 0.6) is 0 Å².